The van der Waals surface area contributed by atoms with E-state index in [9.17, 15) is 4.79 Å². The molecule has 88 valence electrons. The van der Waals surface area contributed by atoms with E-state index >= 15 is 0 Å². The van der Waals surface area contributed by atoms with Gasteiger partial charge in [-0.1, -0.05) is 0 Å². The van der Waals surface area contributed by atoms with Crippen molar-refractivity contribution in [2.24, 2.45) is 0 Å². The van der Waals surface area contributed by atoms with Gasteiger partial charge in [0.1, 0.15) is 0 Å². The van der Waals surface area contributed by atoms with E-state index in [-0.39, 0.29) is 12.5 Å². The van der Waals surface area contributed by atoms with E-state index < -0.39 is 0 Å². The Balaban J connectivity index is 2.69. The lowest BCUT2D eigenvalue weighted by molar-refractivity contribution is -0.126. The second-order valence-electron chi connectivity index (χ2n) is 3.43. The van der Waals surface area contributed by atoms with Crippen molar-refractivity contribution >= 4 is 17.4 Å². The molecule has 6 heteroatoms. The number of likely N-dealkylation sites (N-methyl/N-ethyl adjacent to an activating group) is 1. The van der Waals surface area contributed by atoms with Crippen molar-refractivity contribution in [3.05, 3.63) is 12.1 Å². The Bertz CT molecular complexity index is 379. The maximum Gasteiger partial charge on any atom is 0.241 e. The largest absolute Gasteiger partial charge is 0.481 e. The Hall–Kier alpha value is -1.98. The van der Waals surface area contributed by atoms with E-state index in [0.29, 0.717) is 17.4 Å². The van der Waals surface area contributed by atoms with Crippen LogP contribution in [0.5, 0.6) is 5.88 Å². The van der Waals surface area contributed by atoms with Crippen LogP contribution in [0.25, 0.3) is 0 Å². The summed E-state index contributed by atoms with van der Waals surface area (Å²) < 4.78 is 4.96. The first kappa shape index (κ1) is 12.1. The first-order chi connectivity index (χ1) is 7.54. The number of nitrogens with one attached hydrogen (secondary N) is 1. The highest BCUT2D eigenvalue weighted by atomic mass is 16.5. The van der Waals surface area contributed by atoms with E-state index in [1.807, 2.05) is 0 Å². The molecule has 0 atom stereocenters. The first-order valence-electron chi connectivity index (χ1n) is 4.79. The zero-order chi connectivity index (χ0) is 12.1. The van der Waals surface area contributed by atoms with Crippen LogP contribution in [0.3, 0.4) is 0 Å². The maximum absolute atomic E-state index is 11.3. The van der Waals surface area contributed by atoms with E-state index in [1.54, 1.807) is 26.2 Å². The fraction of sp³-hybridized carbons (Fsp3) is 0.400. The number of ether oxygens (including phenoxy) is 1. The topological polar surface area (TPSA) is 80.5 Å². The number of nitrogens with two attached hydrogens (primary N) is 1. The molecule has 1 aromatic rings. The molecular weight excluding hydrogens is 208 g/mol. The molecule has 0 aromatic carbocycles. The second kappa shape index (κ2) is 5.20. The summed E-state index contributed by atoms with van der Waals surface area (Å²) in [6, 6.07) is 3.34. The van der Waals surface area contributed by atoms with Gasteiger partial charge in [0.25, 0.3) is 0 Å². The van der Waals surface area contributed by atoms with Crippen LogP contribution in [0.15, 0.2) is 12.1 Å². The van der Waals surface area contributed by atoms with Gasteiger partial charge in [0, 0.05) is 20.2 Å². The van der Waals surface area contributed by atoms with Crippen LogP contribution in [0.1, 0.15) is 0 Å². The highest BCUT2D eigenvalue weighted by molar-refractivity contribution is 5.81. The maximum atomic E-state index is 11.3. The van der Waals surface area contributed by atoms with Gasteiger partial charge in [-0.15, -0.1) is 0 Å². The number of methoxy groups -OCH3 is 1. The first-order valence-corrected chi connectivity index (χ1v) is 4.79. The number of rotatable bonds is 4. The molecule has 1 heterocycles. The number of pyridine rings is 1. The lowest BCUT2D eigenvalue weighted by Crippen LogP contribution is -2.29. The molecule has 16 heavy (non-hydrogen) atoms. The zero-order valence-electron chi connectivity index (χ0n) is 9.65. The van der Waals surface area contributed by atoms with Gasteiger partial charge in [0.2, 0.25) is 11.8 Å². The summed E-state index contributed by atoms with van der Waals surface area (Å²) in [5.41, 5.74) is 6.18. The predicted molar refractivity (Wildman–Crippen MR) is 62.4 cm³/mol. The average molecular weight is 224 g/mol. The summed E-state index contributed by atoms with van der Waals surface area (Å²) in [7, 11) is 4.89. The Morgan fingerprint density at radius 3 is 2.81 bits per heavy atom. The SMILES string of the molecule is COc1ccc(N)c(NCC(=O)N(C)C)n1. The summed E-state index contributed by atoms with van der Waals surface area (Å²) in [4.78, 5) is 16.9. The Labute approximate surface area is 94.4 Å². The molecule has 0 aliphatic heterocycles. The van der Waals surface area contributed by atoms with Gasteiger partial charge in [-0.25, -0.2) is 0 Å². The molecule has 0 saturated heterocycles. The number of nitrogen functional groups attached to an aromatic ring is 1. The van der Waals surface area contributed by atoms with Crippen molar-refractivity contribution in [3.8, 4) is 5.88 Å². The minimum atomic E-state index is -0.0518. The van der Waals surface area contributed by atoms with Crippen molar-refractivity contribution < 1.29 is 9.53 Å². The van der Waals surface area contributed by atoms with Crippen LogP contribution in [-0.4, -0.2) is 43.5 Å². The number of anilines is 2. The molecule has 0 aliphatic rings. The Morgan fingerprint density at radius 1 is 1.56 bits per heavy atom. The van der Waals surface area contributed by atoms with Crippen molar-refractivity contribution in [2.45, 2.75) is 0 Å². The molecule has 1 aromatic heterocycles. The van der Waals surface area contributed by atoms with Crippen LogP contribution < -0.4 is 15.8 Å². The molecule has 0 unspecified atom stereocenters. The lowest BCUT2D eigenvalue weighted by Gasteiger charge is -2.12. The lowest BCUT2D eigenvalue weighted by atomic mass is 10.4. The third kappa shape index (κ3) is 3.01. The quantitative estimate of drug-likeness (QED) is 0.762. The van der Waals surface area contributed by atoms with E-state index in [2.05, 4.69) is 10.3 Å². The van der Waals surface area contributed by atoms with Gasteiger partial charge in [0.15, 0.2) is 5.82 Å². The van der Waals surface area contributed by atoms with Gasteiger partial charge < -0.3 is 20.7 Å². The summed E-state index contributed by atoms with van der Waals surface area (Å²) in [5, 5.41) is 2.86. The molecule has 0 fully saturated rings. The minimum Gasteiger partial charge on any atom is -0.481 e. The standard InChI is InChI=1S/C10H16N4O2/c1-14(2)9(15)6-12-10-7(11)4-5-8(13-10)16-3/h4-5H,6,11H2,1-3H3,(H,12,13). The predicted octanol–water partition coefficient (Wildman–Crippen LogP) is 0.172. The van der Waals surface area contributed by atoms with E-state index in [4.69, 9.17) is 10.5 Å². The second-order valence-corrected chi connectivity index (χ2v) is 3.43. The van der Waals surface area contributed by atoms with Gasteiger partial charge in [-0.05, 0) is 6.07 Å². The van der Waals surface area contributed by atoms with Crippen molar-refractivity contribution in [1.29, 1.82) is 0 Å². The van der Waals surface area contributed by atoms with Gasteiger partial charge in [0.05, 0.1) is 19.3 Å². The molecule has 1 amide bonds. The number of amides is 1. The third-order valence-corrected chi connectivity index (χ3v) is 2.02. The summed E-state index contributed by atoms with van der Waals surface area (Å²) in [5.74, 6) is 0.854. The summed E-state index contributed by atoms with van der Waals surface area (Å²) in [6.45, 7) is 0.150. The third-order valence-electron chi connectivity index (χ3n) is 2.02. The summed E-state index contributed by atoms with van der Waals surface area (Å²) >= 11 is 0. The molecular formula is C10H16N4O2. The monoisotopic (exact) mass is 224 g/mol. The van der Waals surface area contributed by atoms with Gasteiger partial charge in [-0.2, -0.15) is 4.98 Å². The highest BCUT2D eigenvalue weighted by Gasteiger charge is 2.07. The Kier molecular flexibility index (Phi) is 3.93. The number of carbonyl (C=O) groups excluding carboxylic acids is 1. The van der Waals surface area contributed by atoms with Crippen molar-refractivity contribution in [3.63, 3.8) is 0 Å². The summed E-state index contributed by atoms with van der Waals surface area (Å²) in [6.07, 6.45) is 0. The number of hydrogen-bond donors (Lipinski definition) is 2. The molecule has 1 rings (SSSR count). The molecule has 0 bridgehead atoms. The molecule has 0 radical (unpaired) electrons. The number of carbonyl (C=O) groups is 1. The zero-order valence-corrected chi connectivity index (χ0v) is 9.65. The molecule has 0 saturated carbocycles. The van der Waals surface area contributed by atoms with Gasteiger partial charge >= 0.3 is 0 Å². The van der Waals surface area contributed by atoms with Crippen LogP contribution in [0.4, 0.5) is 11.5 Å². The fourth-order valence-corrected chi connectivity index (χ4v) is 1.02. The van der Waals surface area contributed by atoms with Crippen molar-refractivity contribution in [1.82, 2.24) is 9.88 Å². The Morgan fingerprint density at radius 2 is 2.25 bits per heavy atom. The molecule has 3 N–H and O–H groups in total. The average Bonchev–Trinajstić information content (AvgIpc) is 2.27. The number of nitrogens with zero attached hydrogens (tertiary/aromatic N) is 2. The number of hydrogen-bond acceptors (Lipinski definition) is 5. The van der Waals surface area contributed by atoms with Crippen LogP contribution in [0, 0.1) is 0 Å². The normalized spacial score (nSPS) is 9.69. The molecule has 0 aliphatic carbocycles. The van der Waals surface area contributed by atoms with Crippen LogP contribution in [-0.2, 0) is 4.79 Å². The van der Waals surface area contributed by atoms with E-state index in [0.717, 1.165) is 0 Å². The number of aromatic nitrogens is 1. The highest BCUT2D eigenvalue weighted by Crippen LogP contribution is 2.18. The smallest absolute Gasteiger partial charge is 0.241 e. The van der Waals surface area contributed by atoms with Crippen LogP contribution in [0.2, 0.25) is 0 Å². The fourth-order valence-electron chi connectivity index (χ4n) is 1.02. The van der Waals surface area contributed by atoms with Gasteiger partial charge in [-0.3, -0.25) is 4.79 Å². The van der Waals surface area contributed by atoms with Crippen molar-refractivity contribution in [2.75, 3.05) is 38.8 Å². The minimum absolute atomic E-state index is 0.0518. The van der Waals surface area contributed by atoms with E-state index in [1.165, 1.54) is 12.0 Å². The molecule has 0 spiro atoms. The van der Waals surface area contributed by atoms with Crippen LogP contribution >= 0.6 is 0 Å². The molecule has 6 nitrogen and oxygen atoms in total.